The summed E-state index contributed by atoms with van der Waals surface area (Å²) in [5.41, 5.74) is 4.47. The van der Waals surface area contributed by atoms with Crippen LogP contribution >= 0.6 is 0 Å². The number of likely N-dealkylation sites (tertiary alicyclic amines) is 1. The van der Waals surface area contributed by atoms with Gasteiger partial charge in [0.15, 0.2) is 5.82 Å². The van der Waals surface area contributed by atoms with Gasteiger partial charge in [0, 0.05) is 43.7 Å². The minimum atomic E-state index is -0.910. The first kappa shape index (κ1) is 35.6. The molecule has 0 unspecified atom stereocenters. The van der Waals surface area contributed by atoms with Crippen molar-refractivity contribution in [3.05, 3.63) is 77.6 Å². The summed E-state index contributed by atoms with van der Waals surface area (Å²) in [4.78, 5) is 51.4. The Morgan fingerprint density at radius 1 is 0.820 bits per heavy atom. The van der Waals surface area contributed by atoms with Crippen molar-refractivity contribution in [3.63, 3.8) is 0 Å². The fourth-order valence-corrected chi connectivity index (χ4v) is 8.23. The minimum absolute atomic E-state index is 0.149. The highest BCUT2D eigenvalue weighted by atomic mass is 16.4. The number of aliphatic carboxylic acids is 1. The number of carbonyl (C=O) groups excluding carboxylic acids is 2. The zero-order valence-corrected chi connectivity index (χ0v) is 29.7. The van der Waals surface area contributed by atoms with E-state index in [1.165, 1.54) is 56.3 Å². The molecule has 1 atom stereocenters. The number of carbonyl (C=O) groups is 3. The predicted molar refractivity (Wildman–Crippen MR) is 196 cm³/mol. The monoisotopic (exact) mass is 679 g/mol. The highest BCUT2D eigenvalue weighted by molar-refractivity contribution is 5.98. The van der Waals surface area contributed by atoms with Crippen molar-refractivity contribution < 1.29 is 19.5 Å². The molecule has 2 saturated heterocycles. The lowest BCUT2D eigenvalue weighted by Crippen LogP contribution is -2.59. The largest absolute Gasteiger partial charge is 0.481 e. The van der Waals surface area contributed by atoms with E-state index in [1.54, 1.807) is 12.1 Å². The third-order valence-corrected chi connectivity index (χ3v) is 11.4. The maximum Gasteiger partial charge on any atom is 0.310 e. The van der Waals surface area contributed by atoms with Crippen LogP contribution in [0.3, 0.4) is 0 Å². The van der Waals surface area contributed by atoms with Crippen LogP contribution in [0.25, 0.3) is 11.4 Å². The number of benzene rings is 2. The molecule has 3 heterocycles. The zero-order chi connectivity index (χ0) is 35.0. The molecule has 9 heteroatoms. The number of amides is 2. The van der Waals surface area contributed by atoms with E-state index >= 15 is 0 Å². The molecule has 2 amide bonds. The van der Waals surface area contributed by atoms with Gasteiger partial charge in [0.1, 0.15) is 6.04 Å². The summed E-state index contributed by atoms with van der Waals surface area (Å²) < 4.78 is 0. The van der Waals surface area contributed by atoms with Gasteiger partial charge in [-0.15, -0.1) is 0 Å². The summed E-state index contributed by atoms with van der Waals surface area (Å²) in [5, 5.41) is 12.2. The maximum atomic E-state index is 13.5. The topological polar surface area (TPSA) is 116 Å². The second kappa shape index (κ2) is 16.6. The van der Waals surface area contributed by atoms with Crippen molar-refractivity contribution in [1.29, 1.82) is 0 Å². The van der Waals surface area contributed by atoms with E-state index in [0.717, 1.165) is 66.1 Å². The van der Waals surface area contributed by atoms with E-state index in [9.17, 15) is 19.5 Å². The Kier molecular flexibility index (Phi) is 11.8. The molecule has 1 aromatic heterocycles. The van der Waals surface area contributed by atoms with Crippen molar-refractivity contribution in [3.8, 4) is 11.4 Å². The summed E-state index contributed by atoms with van der Waals surface area (Å²) >= 11 is 0. The van der Waals surface area contributed by atoms with Gasteiger partial charge in [0.05, 0.1) is 24.0 Å². The van der Waals surface area contributed by atoms with E-state index in [0.29, 0.717) is 11.4 Å². The minimum Gasteiger partial charge on any atom is -0.481 e. The summed E-state index contributed by atoms with van der Waals surface area (Å²) in [5.74, 6) is 1.27. The van der Waals surface area contributed by atoms with Gasteiger partial charge in [-0.3, -0.25) is 14.4 Å². The van der Waals surface area contributed by atoms with E-state index < -0.39 is 17.9 Å². The number of piperidine rings is 1. The van der Waals surface area contributed by atoms with Crippen LogP contribution in [0.15, 0.2) is 60.9 Å². The quantitative estimate of drug-likeness (QED) is 0.204. The Balaban J connectivity index is 1.05. The molecule has 3 aromatic rings. The molecule has 9 nitrogen and oxygen atoms in total. The van der Waals surface area contributed by atoms with Gasteiger partial charge in [0.25, 0.3) is 5.91 Å². The standard InChI is InChI=1S/C41H53N5O4/c1-3-5-28-7-13-31(14-8-28)32-19-21-45(22-20-32)36-24-42-38(43-25-36)33-15-11-30(12-16-33)23-37(40(48)46-26-35(27-46)41(49)50)44-39(47)34-17-9-29(6-4-2)10-18-34/h9-12,15-18,24-25,28,31-32,35,37H,3-8,13-14,19-23,26-27H2,1-2H3,(H,44,47)(H,49,50)/t28-,31-,37-/m0/s1. The summed E-state index contributed by atoms with van der Waals surface area (Å²) in [7, 11) is 0. The van der Waals surface area contributed by atoms with Crippen LogP contribution < -0.4 is 10.2 Å². The number of anilines is 1. The first-order chi connectivity index (χ1) is 24.3. The van der Waals surface area contributed by atoms with Crippen LogP contribution in [0.4, 0.5) is 5.69 Å². The molecule has 50 heavy (non-hydrogen) atoms. The molecule has 2 aliphatic heterocycles. The highest BCUT2D eigenvalue weighted by Gasteiger charge is 2.39. The van der Waals surface area contributed by atoms with Gasteiger partial charge >= 0.3 is 5.97 Å². The number of hydrogen-bond acceptors (Lipinski definition) is 6. The van der Waals surface area contributed by atoms with Crippen LogP contribution in [0, 0.1) is 23.7 Å². The Bertz CT molecular complexity index is 1570. The number of carboxylic acids is 1. The molecule has 2 aromatic carbocycles. The second-order valence-corrected chi connectivity index (χ2v) is 14.8. The van der Waals surface area contributed by atoms with E-state index in [4.69, 9.17) is 9.97 Å². The van der Waals surface area contributed by atoms with Gasteiger partial charge in [-0.2, -0.15) is 0 Å². The van der Waals surface area contributed by atoms with E-state index in [-0.39, 0.29) is 31.3 Å². The fraction of sp³-hybridized carbons (Fsp3) is 0.537. The number of nitrogens with zero attached hydrogens (tertiary/aromatic N) is 4. The van der Waals surface area contributed by atoms with Crippen LogP contribution in [0.5, 0.6) is 0 Å². The van der Waals surface area contributed by atoms with Crippen molar-refractivity contribution in [2.75, 3.05) is 31.1 Å². The van der Waals surface area contributed by atoms with Crippen LogP contribution in [-0.2, 0) is 22.4 Å². The first-order valence-corrected chi connectivity index (χ1v) is 18.9. The zero-order valence-electron chi connectivity index (χ0n) is 29.7. The van der Waals surface area contributed by atoms with Crippen molar-refractivity contribution >= 4 is 23.5 Å². The number of aromatic nitrogens is 2. The highest BCUT2D eigenvalue weighted by Crippen LogP contribution is 2.39. The van der Waals surface area contributed by atoms with Gasteiger partial charge < -0.3 is 20.2 Å². The normalized spacial score (nSPS) is 20.6. The molecule has 3 aliphatic rings. The Morgan fingerprint density at radius 2 is 1.44 bits per heavy atom. The average molecular weight is 680 g/mol. The molecular weight excluding hydrogens is 626 g/mol. The lowest BCUT2D eigenvalue weighted by molar-refractivity contribution is -0.153. The molecule has 0 spiro atoms. The average Bonchev–Trinajstić information content (AvgIpc) is 3.12. The van der Waals surface area contributed by atoms with Gasteiger partial charge in [0.2, 0.25) is 5.91 Å². The van der Waals surface area contributed by atoms with Gasteiger partial charge in [-0.05, 0) is 73.1 Å². The lowest BCUT2D eigenvalue weighted by atomic mass is 9.72. The Hall–Kier alpha value is -4.27. The number of rotatable bonds is 13. The maximum absolute atomic E-state index is 13.5. The van der Waals surface area contributed by atoms with E-state index in [2.05, 4.69) is 24.1 Å². The summed E-state index contributed by atoms with van der Waals surface area (Å²) in [6.07, 6.45) is 17.0. The molecule has 2 N–H and O–H groups in total. The molecule has 0 radical (unpaired) electrons. The van der Waals surface area contributed by atoms with Crippen molar-refractivity contribution in [1.82, 2.24) is 20.2 Å². The molecule has 3 fully saturated rings. The third kappa shape index (κ3) is 8.71. The van der Waals surface area contributed by atoms with Gasteiger partial charge in [-0.1, -0.05) is 82.3 Å². The van der Waals surface area contributed by atoms with Gasteiger partial charge in [-0.25, -0.2) is 9.97 Å². The molecule has 0 bridgehead atoms. The number of aryl methyl sites for hydroxylation is 1. The SMILES string of the molecule is CCCc1ccc(C(=O)N[C@@H](Cc2ccc(-c3ncc(N4CCC([C@H]5CC[C@H](CCC)CC5)CC4)cn3)cc2)C(=O)N2CC(C(=O)O)C2)cc1. The number of hydrogen-bond donors (Lipinski definition) is 2. The predicted octanol–water partition coefficient (Wildman–Crippen LogP) is 6.80. The fourth-order valence-electron chi connectivity index (χ4n) is 8.23. The molecule has 1 saturated carbocycles. The molecule has 266 valence electrons. The molecular formula is C41H53N5O4. The molecule has 1 aliphatic carbocycles. The molecule has 6 rings (SSSR count). The first-order valence-electron chi connectivity index (χ1n) is 18.9. The summed E-state index contributed by atoms with van der Waals surface area (Å²) in [6, 6.07) is 14.4. The number of nitrogens with one attached hydrogen (secondary N) is 1. The van der Waals surface area contributed by atoms with Crippen molar-refractivity contribution in [2.24, 2.45) is 23.7 Å². The van der Waals surface area contributed by atoms with Crippen molar-refractivity contribution in [2.45, 2.75) is 90.5 Å². The Morgan fingerprint density at radius 3 is 2.04 bits per heavy atom. The number of carboxylic acid groups (broad SMARTS) is 1. The third-order valence-electron chi connectivity index (χ3n) is 11.4. The van der Waals surface area contributed by atoms with Crippen LogP contribution in [-0.4, -0.2) is 70.0 Å². The smallest absolute Gasteiger partial charge is 0.310 e. The lowest BCUT2D eigenvalue weighted by Gasteiger charge is -2.39. The van der Waals surface area contributed by atoms with Crippen LogP contribution in [0.2, 0.25) is 0 Å². The Labute approximate surface area is 296 Å². The van der Waals surface area contributed by atoms with Crippen LogP contribution in [0.1, 0.15) is 93.1 Å². The summed E-state index contributed by atoms with van der Waals surface area (Å²) in [6.45, 7) is 6.84. The second-order valence-electron chi connectivity index (χ2n) is 14.8. The van der Waals surface area contributed by atoms with E-state index in [1.807, 2.05) is 48.8 Å².